The van der Waals surface area contributed by atoms with Crippen LogP contribution in [0.2, 0.25) is 0 Å². The highest BCUT2D eigenvalue weighted by molar-refractivity contribution is 5.95. The van der Waals surface area contributed by atoms with Crippen molar-refractivity contribution in [1.29, 1.82) is 0 Å². The Kier molecular flexibility index (Phi) is 5.44. The first-order valence-corrected chi connectivity index (χ1v) is 8.37. The number of hydrogen-bond donors (Lipinski definition) is 1. The van der Waals surface area contributed by atoms with Crippen LogP contribution < -0.4 is 5.32 Å². The number of hydrogen-bond acceptors (Lipinski definition) is 4. The highest BCUT2D eigenvalue weighted by atomic mass is 19.1. The molecule has 0 fully saturated rings. The van der Waals surface area contributed by atoms with Crippen LogP contribution in [-0.2, 0) is 11.3 Å². The molecule has 1 N–H and O–H groups in total. The van der Waals surface area contributed by atoms with Crippen molar-refractivity contribution in [2.75, 3.05) is 5.32 Å². The van der Waals surface area contributed by atoms with E-state index in [-0.39, 0.29) is 24.7 Å². The molecule has 1 heterocycles. The third-order valence-electron chi connectivity index (χ3n) is 4.14. The van der Waals surface area contributed by atoms with Crippen LogP contribution in [-0.4, -0.2) is 20.4 Å². The molecular formula is C19H16F2N4O3. The number of imidazole rings is 1. The number of aromatic nitrogens is 2. The first-order chi connectivity index (χ1) is 13.3. The van der Waals surface area contributed by atoms with E-state index in [0.717, 1.165) is 0 Å². The minimum Gasteiger partial charge on any atom is -0.358 e. The van der Waals surface area contributed by atoms with Gasteiger partial charge in [-0.2, -0.15) is 0 Å². The largest absolute Gasteiger partial charge is 0.381 e. The molecule has 1 amide bonds. The molecule has 0 spiro atoms. The van der Waals surface area contributed by atoms with E-state index in [1.165, 1.54) is 53.2 Å². The number of nitro groups is 1. The molecular weight excluding hydrogens is 370 g/mol. The third-order valence-corrected chi connectivity index (χ3v) is 4.14. The number of carbonyl (C=O) groups is 1. The molecule has 28 heavy (non-hydrogen) atoms. The molecule has 0 bridgehead atoms. The zero-order chi connectivity index (χ0) is 20.3. The maximum absolute atomic E-state index is 13.7. The Morgan fingerprint density at radius 3 is 2.50 bits per heavy atom. The molecule has 144 valence electrons. The van der Waals surface area contributed by atoms with Gasteiger partial charge in [-0.25, -0.2) is 8.78 Å². The lowest BCUT2D eigenvalue weighted by Gasteiger charge is -2.12. The van der Waals surface area contributed by atoms with Crippen LogP contribution in [0.5, 0.6) is 0 Å². The highest BCUT2D eigenvalue weighted by Crippen LogP contribution is 2.29. The molecule has 3 aromatic rings. The van der Waals surface area contributed by atoms with Crippen LogP contribution in [0.3, 0.4) is 0 Å². The first kappa shape index (κ1) is 19.2. The molecule has 9 heteroatoms. The number of benzene rings is 2. The average Bonchev–Trinajstić information content (AvgIpc) is 3.03. The molecule has 0 radical (unpaired) electrons. The molecule has 3 rings (SSSR count). The molecule has 1 aromatic heterocycles. The summed E-state index contributed by atoms with van der Waals surface area (Å²) in [5.41, 5.74) is 1.35. The smallest absolute Gasteiger partial charge is 0.358 e. The molecule has 2 aromatic carbocycles. The van der Waals surface area contributed by atoms with Gasteiger partial charge < -0.3 is 20.0 Å². The van der Waals surface area contributed by atoms with Crippen LogP contribution in [0.15, 0.2) is 48.7 Å². The molecule has 0 saturated carbocycles. The Bertz CT molecular complexity index is 1030. The van der Waals surface area contributed by atoms with Crippen LogP contribution in [0.4, 0.5) is 20.3 Å². The fourth-order valence-electron chi connectivity index (χ4n) is 2.73. The van der Waals surface area contributed by atoms with Crippen molar-refractivity contribution in [2.45, 2.75) is 19.9 Å². The lowest BCUT2D eigenvalue weighted by atomic mass is 10.0. The minimum absolute atomic E-state index is 0.0363. The number of aryl methyl sites for hydroxylation is 2. The van der Waals surface area contributed by atoms with E-state index in [1.807, 2.05) is 0 Å². The monoisotopic (exact) mass is 386 g/mol. The highest BCUT2D eigenvalue weighted by Gasteiger charge is 2.16. The maximum atomic E-state index is 13.7. The summed E-state index contributed by atoms with van der Waals surface area (Å²) in [5, 5.41) is 13.5. The van der Waals surface area contributed by atoms with Gasteiger partial charge in [0, 0.05) is 31.1 Å². The summed E-state index contributed by atoms with van der Waals surface area (Å²) in [5.74, 6) is -1.12. The van der Waals surface area contributed by atoms with Crippen molar-refractivity contribution in [3.63, 3.8) is 0 Å². The van der Waals surface area contributed by atoms with Crippen molar-refractivity contribution >= 4 is 17.4 Å². The Morgan fingerprint density at radius 2 is 1.86 bits per heavy atom. The lowest BCUT2D eigenvalue weighted by molar-refractivity contribution is -0.389. The molecule has 0 unspecified atom stereocenters. The van der Waals surface area contributed by atoms with Gasteiger partial charge in [-0.3, -0.25) is 4.79 Å². The number of nitrogens with zero attached hydrogens (tertiary/aromatic N) is 3. The molecule has 0 aliphatic rings. The van der Waals surface area contributed by atoms with E-state index in [9.17, 15) is 23.7 Å². The van der Waals surface area contributed by atoms with Gasteiger partial charge in [0.1, 0.15) is 17.8 Å². The number of amides is 1. The van der Waals surface area contributed by atoms with Gasteiger partial charge in [0.25, 0.3) is 0 Å². The van der Waals surface area contributed by atoms with E-state index in [2.05, 4.69) is 10.3 Å². The summed E-state index contributed by atoms with van der Waals surface area (Å²) < 4.78 is 28.3. The Hall–Kier alpha value is -3.62. The number of halogens is 2. The standard InChI is InChI=1S/C19H16F2N4O3/c1-12-22-18(25(27)28)11-24(12)9-8-19(26)23-17-7-6-15(21)10-16(17)13-2-4-14(20)5-3-13/h2-7,10-11H,8-9H2,1H3,(H,23,26). The van der Waals surface area contributed by atoms with Gasteiger partial charge in [-0.05, 0) is 45.8 Å². The van der Waals surface area contributed by atoms with E-state index < -0.39 is 16.6 Å². The Labute approximate surface area is 158 Å². The number of carbonyl (C=O) groups excluding carboxylic acids is 1. The van der Waals surface area contributed by atoms with E-state index in [1.54, 1.807) is 6.92 Å². The second-order valence-corrected chi connectivity index (χ2v) is 6.09. The van der Waals surface area contributed by atoms with Gasteiger partial charge in [-0.15, -0.1) is 0 Å². The van der Waals surface area contributed by atoms with Crippen molar-refractivity contribution in [1.82, 2.24) is 9.55 Å². The quantitative estimate of drug-likeness (QED) is 0.511. The van der Waals surface area contributed by atoms with E-state index in [4.69, 9.17) is 0 Å². The van der Waals surface area contributed by atoms with Gasteiger partial charge in [0.05, 0.1) is 0 Å². The Balaban J connectivity index is 1.74. The summed E-state index contributed by atoms with van der Waals surface area (Å²) >= 11 is 0. The lowest BCUT2D eigenvalue weighted by Crippen LogP contribution is -2.15. The summed E-state index contributed by atoms with van der Waals surface area (Å²) in [6, 6.07) is 9.39. The normalized spacial score (nSPS) is 10.7. The molecule has 0 aliphatic carbocycles. The van der Waals surface area contributed by atoms with E-state index in [0.29, 0.717) is 22.6 Å². The van der Waals surface area contributed by atoms with Crippen LogP contribution in [0.1, 0.15) is 12.2 Å². The van der Waals surface area contributed by atoms with Gasteiger partial charge in [0.2, 0.25) is 11.7 Å². The molecule has 7 nitrogen and oxygen atoms in total. The molecule has 0 aliphatic heterocycles. The van der Waals surface area contributed by atoms with E-state index >= 15 is 0 Å². The van der Waals surface area contributed by atoms with Gasteiger partial charge >= 0.3 is 5.82 Å². The van der Waals surface area contributed by atoms with Gasteiger partial charge in [-0.1, -0.05) is 12.1 Å². The maximum Gasteiger partial charge on any atom is 0.381 e. The van der Waals surface area contributed by atoms with Crippen LogP contribution in [0.25, 0.3) is 11.1 Å². The number of nitrogens with one attached hydrogen (secondary N) is 1. The zero-order valence-electron chi connectivity index (χ0n) is 14.9. The summed E-state index contributed by atoms with van der Waals surface area (Å²) in [7, 11) is 0. The summed E-state index contributed by atoms with van der Waals surface area (Å²) in [6.07, 6.45) is 1.30. The summed E-state index contributed by atoms with van der Waals surface area (Å²) in [6.45, 7) is 1.81. The average molecular weight is 386 g/mol. The molecule has 0 atom stereocenters. The second kappa shape index (κ2) is 7.95. The van der Waals surface area contributed by atoms with Gasteiger partial charge in [0.15, 0.2) is 0 Å². The number of anilines is 1. The zero-order valence-corrected chi connectivity index (χ0v) is 14.9. The third kappa shape index (κ3) is 4.37. The topological polar surface area (TPSA) is 90.1 Å². The van der Waals surface area contributed by atoms with Crippen molar-refractivity contribution in [3.05, 3.63) is 76.2 Å². The summed E-state index contributed by atoms with van der Waals surface area (Å²) in [4.78, 5) is 26.3. The first-order valence-electron chi connectivity index (χ1n) is 8.37. The van der Waals surface area contributed by atoms with Crippen molar-refractivity contribution in [2.24, 2.45) is 0 Å². The molecule has 0 saturated heterocycles. The Morgan fingerprint density at radius 1 is 1.18 bits per heavy atom. The SMILES string of the molecule is Cc1nc([N+](=O)[O-])cn1CCC(=O)Nc1ccc(F)cc1-c1ccc(F)cc1. The predicted molar refractivity (Wildman–Crippen MR) is 98.7 cm³/mol. The fourth-order valence-corrected chi connectivity index (χ4v) is 2.73. The van der Waals surface area contributed by atoms with Crippen molar-refractivity contribution < 1.29 is 18.5 Å². The van der Waals surface area contributed by atoms with Crippen molar-refractivity contribution in [3.8, 4) is 11.1 Å². The number of rotatable bonds is 6. The minimum atomic E-state index is -0.600. The fraction of sp³-hybridized carbons (Fsp3) is 0.158. The second-order valence-electron chi connectivity index (χ2n) is 6.09. The van der Waals surface area contributed by atoms with Crippen LogP contribution >= 0.6 is 0 Å². The van der Waals surface area contributed by atoms with Crippen LogP contribution in [0, 0.1) is 28.7 Å². The predicted octanol–water partition coefficient (Wildman–Crippen LogP) is 4.07.